The second kappa shape index (κ2) is 5.89. The summed E-state index contributed by atoms with van der Waals surface area (Å²) in [6, 6.07) is 0.648. The van der Waals surface area contributed by atoms with E-state index in [0.29, 0.717) is 11.6 Å². The highest BCUT2D eigenvalue weighted by Gasteiger charge is 2.32. The maximum atomic E-state index is 6.05. The van der Waals surface area contributed by atoms with Gasteiger partial charge in [0.05, 0.1) is 0 Å². The Morgan fingerprint density at radius 2 is 1.61 bits per heavy atom. The molecule has 2 fully saturated rings. The highest BCUT2D eigenvalue weighted by Crippen LogP contribution is 2.30. The minimum atomic E-state index is 0.317. The van der Waals surface area contributed by atoms with Gasteiger partial charge in [0.15, 0.2) is 0 Å². The van der Waals surface area contributed by atoms with E-state index in [9.17, 15) is 0 Å². The van der Waals surface area contributed by atoms with Crippen molar-refractivity contribution in [1.29, 1.82) is 0 Å². The third-order valence-corrected chi connectivity index (χ3v) is 4.92. The van der Waals surface area contributed by atoms with Gasteiger partial charge in [-0.15, -0.1) is 0 Å². The maximum Gasteiger partial charge on any atom is 0.0247 e. The van der Waals surface area contributed by atoms with E-state index >= 15 is 0 Å². The van der Waals surface area contributed by atoms with E-state index in [1.165, 1.54) is 51.9 Å². The Hall–Kier alpha value is -0.120. The average Bonchev–Trinajstić information content (AvgIpc) is 2.83. The van der Waals surface area contributed by atoms with E-state index in [1.807, 2.05) is 0 Å². The summed E-state index contributed by atoms with van der Waals surface area (Å²) in [6.07, 6.45) is 5.65. The Labute approximate surface area is 113 Å². The Balaban J connectivity index is 1.87. The van der Waals surface area contributed by atoms with Crippen LogP contribution in [0, 0.1) is 5.92 Å². The SMILES string of the molecule is CC(C)(C)N1CCN(C(CN)C2CCCC2)CC1. The quantitative estimate of drug-likeness (QED) is 0.834. The molecule has 1 saturated carbocycles. The minimum Gasteiger partial charge on any atom is -0.329 e. The van der Waals surface area contributed by atoms with E-state index in [0.717, 1.165) is 12.5 Å². The van der Waals surface area contributed by atoms with Gasteiger partial charge in [0.1, 0.15) is 0 Å². The summed E-state index contributed by atoms with van der Waals surface area (Å²) < 4.78 is 0. The van der Waals surface area contributed by atoms with Gasteiger partial charge in [-0.2, -0.15) is 0 Å². The lowest BCUT2D eigenvalue weighted by atomic mass is 9.95. The smallest absolute Gasteiger partial charge is 0.0247 e. The predicted molar refractivity (Wildman–Crippen MR) is 77.7 cm³/mol. The molecule has 1 heterocycles. The Morgan fingerprint density at radius 1 is 1.06 bits per heavy atom. The molecule has 0 bridgehead atoms. The predicted octanol–water partition coefficient (Wildman–Crippen LogP) is 1.92. The van der Waals surface area contributed by atoms with E-state index in [4.69, 9.17) is 5.73 Å². The van der Waals surface area contributed by atoms with Crippen LogP contribution in [0.2, 0.25) is 0 Å². The first-order valence-corrected chi connectivity index (χ1v) is 7.71. The number of nitrogens with two attached hydrogens (primary N) is 1. The first-order valence-electron chi connectivity index (χ1n) is 7.71. The second-order valence-corrected chi connectivity index (χ2v) is 7.04. The summed E-state index contributed by atoms with van der Waals surface area (Å²) in [6.45, 7) is 12.6. The number of hydrogen-bond donors (Lipinski definition) is 1. The van der Waals surface area contributed by atoms with Crippen LogP contribution in [0.4, 0.5) is 0 Å². The second-order valence-electron chi connectivity index (χ2n) is 7.04. The molecule has 18 heavy (non-hydrogen) atoms. The minimum absolute atomic E-state index is 0.317. The molecule has 1 aliphatic heterocycles. The molecule has 0 aromatic rings. The van der Waals surface area contributed by atoms with Crippen molar-refractivity contribution in [2.24, 2.45) is 11.7 Å². The topological polar surface area (TPSA) is 32.5 Å². The number of hydrogen-bond acceptors (Lipinski definition) is 3. The van der Waals surface area contributed by atoms with Gasteiger partial charge < -0.3 is 5.73 Å². The van der Waals surface area contributed by atoms with Gasteiger partial charge in [0, 0.05) is 44.3 Å². The molecule has 3 heteroatoms. The summed E-state index contributed by atoms with van der Waals surface area (Å²) in [7, 11) is 0. The van der Waals surface area contributed by atoms with Crippen LogP contribution in [0.25, 0.3) is 0 Å². The van der Waals surface area contributed by atoms with Gasteiger partial charge in [-0.1, -0.05) is 12.8 Å². The van der Waals surface area contributed by atoms with Crippen molar-refractivity contribution in [3.63, 3.8) is 0 Å². The molecule has 2 aliphatic rings. The molecule has 0 aromatic heterocycles. The fourth-order valence-electron chi connectivity index (χ4n) is 3.71. The largest absolute Gasteiger partial charge is 0.329 e. The van der Waals surface area contributed by atoms with Crippen LogP contribution in [0.5, 0.6) is 0 Å². The van der Waals surface area contributed by atoms with E-state index in [-0.39, 0.29) is 0 Å². The molecule has 0 aromatic carbocycles. The summed E-state index contributed by atoms with van der Waals surface area (Å²) in [5.41, 5.74) is 6.37. The molecule has 1 unspecified atom stereocenters. The van der Waals surface area contributed by atoms with E-state index < -0.39 is 0 Å². The van der Waals surface area contributed by atoms with Gasteiger partial charge >= 0.3 is 0 Å². The highest BCUT2D eigenvalue weighted by atomic mass is 15.3. The molecule has 0 radical (unpaired) electrons. The van der Waals surface area contributed by atoms with Crippen LogP contribution in [-0.2, 0) is 0 Å². The van der Waals surface area contributed by atoms with E-state index in [2.05, 4.69) is 30.6 Å². The lowest BCUT2D eigenvalue weighted by Gasteiger charge is -2.45. The van der Waals surface area contributed by atoms with Gasteiger partial charge in [-0.05, 0) is 39.5 Å². The average molecular weight is 253 g/mol. The van der Waals surface area contributed by atoms with Crippen molar-refractivity contribution in [2.45, 2.75) is 58.0 Å². The summed E-state index contributed by atoms with van der Waals surface area (Å²) in [5, 5.41) is 0. The standard InChI is InChI=1S/C15H31N3/c1-15(2,3)18-10-8-17(9-11-18)14(12-16)13-6-4-5-7-13/h13-14H,4-12,16H2,1-3H3. The van der Waals surface area contributed by atoms with Crippen molar-refractivity contribution in [3.8, 4) is 0 Å². The number of rotatable bonds is 3. The maximum absolute atomic E-state index is 6.05. The fourth-order valence-corrected chi connectivity index (χ4v) is 3.71. The normalized spacial score (nSPS) is 26.7. The van der Waals surface area contributed by atoms with Gasteiger partial charge in [-0.25, -0.2) is 0 Å². The summed E-state index contributed by atoms with van der Waals surface area (Å²) >= 11 is 0. The zero-order valence-electron chi connectivity index (χ0n) is 12.5. The molecule has 1 saturated heterocycles. The molecular weight excluding hydrogens is 222 g/mol. The van der Waals surface area contributed by atoms with Crippen LogP contribution in [0.3, 0.4) is 0 Å². The van der Waals surface area contributed by atoms with Crippen LogP contribution in [-0.4, -0.2) is 54.1 Å². The van der Waals surface area contributed by atoms with Crippen molar-refractivity contribution in [1.82, 2.24) is 9.80 Å². The molecule has 1 atom stereocenters. The van der Waals surface area contributed by atoms with Crippen LogP contribution >= 0.6 is 0 Å². The molecule has 3 nitrogen and oxygen atoms in total. The fraction of sp³-hybridized carbons (Fsp3) is 1.00. The first kappa shape index (κ1) is 14.3. The monoisotopic (exact) mass is 253 g/mol. The van der Waals surface area contributed by atoms with Crippen molar-refractivity contribution < 1.29 is 0 Å². The summed E-state index contributed by atoms with van der Waals surface area (Å²) in [5.74, 6) is 0.871. The lowest BCUT2D eigenvalue weighted by molar-refractivity contribution is 0.0300. The van der Waals surface area contributed by atoms with Crippen molar-refractivity contribution in [3.05, 3.63) is 0 Å². The molecular formula is C15H31N3. The molecule has 2 rings (SSSR count). The Kier molecular flexibility index (Phi) is 4.68. The molecule has 106 valence electrons. The van der Waals surface area contributed by atoms with Crippen LogP contribution in [0.1, 0.15) is 46.5 Å². The van der Waals surface area contributed by atoms with Gasteiger partial charge in [-0.3, -0.25) is 9.80 Å². The van der Waals surface area contributed by atoms with E-state index in [1.54, 1.807) is 0 Å². The van der Waals surface area contributed by atoms with Gasteiger partial charge in [0.25, 0.3) is 0 Å². The van der Waals surface area contributed by atoms with Crippen molar-refractivity contribution >= 4 is 0 Å². The molecule has 1 aliphatic carbocycles. The third kappa shape index (κ3) is 3.25. The third-order valence-electron chi connectivity index (χ3n) is 4.92. The van der Waals surface area contributed by atoms with Crippen LogP contribution in [0.15, 0.2) is 0 Å². The van der Waals surface area contributed by atoms with Crippen molar-refractivity contribution in [2.75, 3.05) is 32.7 Å². The zero-order valence-corrected chi connectivity index (χ0v) is 12.5. The Bertz CT molecular complexity index is 245. The van der Waals surface area contributed by atoms with Gasteiger partial charge in [0.2, 0.25) is 0 Å². The zero-order chi connectivity index (χ0) is 13.2. The lowest BCUT2D eigenvalue weighted by Crippen LogP contribution is -2.58. The highest BCUT2D eigenvalue weighted by molar-refractivity contribution is 4.89. The summed E-state index contributed by atoms with van der Waals surface area (Å²) in [4.78, 5) is 5.27. The Morgan fingerprint density at radius 3 is 2.06 bits per heavy atom. The first-order chi connectivity index (χ1) is 8.52. The molecule has 0 spiro atoms. The molecule has 2 N–H and O–H groups in total. The van der Waals surface area contributed by atoms with Crippen LogP contribution < -0.4 is 5.73 Å². The molecule has 0 amide bonds. The number of piperazine rings is 1. The number of nitrogens with zero attached hydrogens (tertiary/aromatic N) is 2.